The van der Waals surface area contributed by atoms with Crippen molar-refractivity contribution in [2.75, 3.05) is 12.1 Å². The average Bonchev–Trinajstić information content (AvgIpc) is 3.26. The van der Waals surface area contributed by atoms with Gasteiger partial charge in [-0.05, 0) is 54.7 Å². The quantitative estimate of drug-likeness (QED) is 0.517. The van der Waals surface area contributed by atoms with Crippen molar-refractivity contribution in [3.05, 3.63) is 63.2 Å². The molecule has 7 heteroatoms. The minimum atomic E-state index is -0.514. The molecule has 4 rings (SSSR count). The van der Waals surface area contributed by atoms with Crippen LogP contribution in [0.15, 0.2) is 36.4 Å². The molecule has 0 aromatic heterocycles. The number of carbonyl (C=O) groups is 1. The molecule has 0 unspecified atom stereocenters. The Bertz CT molecular complexity index is 936. The number of fused-ring (bicyclic) bond motifs is 2. The summed E-state index contributed by atoms with van der Waals surface area (Å²) < 4.78 is 10.4. The summed E-state index contributed by atoms with van der Waals surface area (Å²) in [6.45, 7) is 0.0263. The number of carbonyl (C=O) groups excluding carboxylic acids is 1. The molecular weight excluding hydrogens is 336 g/mol. The standard InChI is InChI=1S/C19H16N2O5/c22-19(20-15-6-4-12-2-1-3-13(12)8-15)7-5-14-9-17-18(26-11-25-17)10-16(14)21(23)24/h4-10H,1-3,11H2,(H,20,22)/b7-5+. The lowest BCUT2D eigenvalue weighted by molar-refractivity contribution is -0.385. The first kappa shape index (κ1) is 16.1. The monoisotopic (exact) mass is 352 g/mol. The zero-order valence-electron chi connectivity index (χ0n) is 13.9. The molecule has 132 valence electrons. The van der Waals surface area contributed by atoms with Gasteiger partial charge < -0.3 is 14.8 Å². The number of nitrogens with one attached hydrogen (secondary N) is 1. The second-order valence-corrected chi connectivity index (χ2v) is 6.18. The van der Waals surface area contributed by atoms with Gasteiger partial charge in [0.2, 0.25) is 12.7 Å². The maximum Gasteiger partial charge on any atom is 0.280 e. The summed E-state index contributed by atoms with van der Waals surface area (Å²) in [5.41, 5.74) is 3.45. The van der Waals surface area contributed by atoms with Gasteiger partial charge in [-0.1, -0.05) is 6.07 Å². The van der Waals surface area contributed by atoms with E-state index in [0.29, 0.717) is 11.5 Å². The van der Waals surface area contributed by atoms with Crippen LogP contribution in [0.25, 0.3) is 6.08 Å². The molecule has 1 aliphatic carbocycles. The third-order valence-electron chi connectivity index (χ3n) is 4.50. The van der Waals surface area contributed by atoms with Crippen molar-refractivity contribution in [1.29, 1.82) is 0 Å². The summed E-state index contributed by atoms with van der Waals surface area (Å²) >= 11 is 0. The van der Waals surface area contributed by atoms with Gasteiger partial charge in [0.05, 0.1) is 16.6 Å². The minimum Gasteiger partial charge on any atom is -0.454 e. The summed E-state index contributed by atoms with van der Waals surface area (Å²) in [6, 6.07) is 8.69. The predicted octanol–water partition coefficient (Wildman–Crippen LogP) is 3.46. The Morgan fingerprint density at radius 1 is 1.12 bits per heavy atom. The van der Waals surface area contributed by atoms with Crippen LogP contribution >= 0.6 is 0 Å². The summed E-state index contributed by atoms with van der Waals surface area (Å²) in [7, 11) is 0. The summed E-state index contributed by atoms with van der Waals surface area (Å²) in [5, 5.41) is 14.0. The Balaban J connectivity index is 1.52. The molecule has 7 nitrogen and oxygen atoms in total. The maximum atomic E-state index is 12.2. The lowest BCUT2D eigenvalue weighted by Crippen LogP contribution is -2.08. The number of amides is 1. The Morgan fingerprint density at radius 3 is 2.69 bits per heavy atom. The molecule has 2 aliphatic rings. The number of benzene rings is 2. The highest BCUT2D eigenvalue weighted by Gasteiger charge is 2.22. The first-order chi connectivity index (χ1) is 12.6. The van der Waals surface area contributed by atoms with Crippen LogP contribution in [0.2, 0.25) is 0 Å². The largest absolute Gasteiger partial charge is 0.454 e. The van der Waals surface area contributed by atoms with Crippen LogP contribution in [0.1, 0.15) is 23.1 Å². The lowest BCUT2D eigenvalue weighted by atomic mass is 10.1. The number of rotatable bonds is 4. The van der Waals surface area contributed by atoms with Crippen molar-refractivity contribution in [3.63, 3.8) is 0 Å². The van der Waals surface area contributed by atoms with Gasteiger partial charge in [0.15, 0.2) is 11.5 Å². The van der Waals surface area contributed by atoms with Crippen molar-refractivity contribution in [2.24, 2.45) is 0 Å². The molecule has 1 N–H and O–H groups in total. The van der Waals surface area contributed by atoms with Crippen molar-refractivity contribution in [3.8, 4) is 11.5 Å². The van der Waals surface area contributed by atoms with Gasteiger partial charge in [-0.2, -0.15) is 0 Å². The van der Waals surface area contributed by atoms with Gasteiger partial charge in [0, 0.05) is 11.8 Å². The van der Waals surface area contributed by atoms with Crippen LogP contribution in [0.3, 0.4) is 0 Å². The predicted molar refractivity (Wildman–Crippen MR) is 95.4 cm³/mol. The zero-order chi connectivity index (χ0) is 18.1. The molecule has 26 heavy (non-hydrogen) atoms. The molecule has 0 radical (unpaired) electrons. The summed E-state index contributed by atoms with van der Waals surface area (Å²) in [4.78, 5) is 22.9. The fraction of sp³-hybridized carbons (Fsp3) is 0.211. The summed E-state index contributed by atoms with van der Waals surface area (Å²) in [6.07, 6.45) is 5.93. The van der Waals surface area contributed by atoms with E-state index in [-0.39, 0.29) is 24.0 Å². The van der Waals surface area contributed by atoms with Crippen LogP contribution in [-0.4, -0.2) is 17.6 Å². The molecule has 0 bridgehead atoms. The Hall–Kier alpha value is -3.35. The van der Waals surface area contributed by atoms with Gasteiger partial charge in [0.25, 0.3) is 5.69 Å². The van der Waals surface area contributed by atoms with E-state index in [1.807, 2.05) is 18.2 Å². The van der Waals surface area contributed by atoms with Crippen LogP contribution in [0.5, 0.6) is 11.5 Å². The fourth-order valence-corrected chi connectivity index (χ4v) is 3.24. The molecule has 0 saturated carbocycles. The molecule has 1 heterocycles. The van der Waals surface area contributed by atoms with Crippen molar-refractivity contribution in [1.82, 2.24) is 0 Å². The second-order valence-electron chi connectivity index (χ2n) is 6.18. The van der Waals surface area contributed by atoms with Crippen LogP contribution in [0.4, 0.5) is 11.4 Å². The number of hydrogen-bond donors (Lipinski definition) is 1. The Morgan fingerprint density at radius 2 is 1.88 bits per heavy atom. The van der Waals surface area contributed by atoms with Crippen molar-refractivity contribution >= 4 is 23.4 Å². The van der Waals surface area contributed by atoms with Crippen molar-refractivity contribution < 1.29 is 19.2 Å². The second kappa shape index (κ2) is 6.51. The smallest absolute Gasteiger partial charge is 0.280 e. The Labute approximate surface area is 149 Å². The molecule has 0 atom stereocenters. The molecule has 2 aromatic rings. The molecule has 0 spiro atoms. The number of nitro groups is 1. The fourth-order valence-electron chi connectivity index (χ4n) is 3.24. The van der Waals surface area contributed by atoms with E-state index < -0.39 is 4.92 Å². The highest BCUT2D eigenvalue weighted by Crippen LogP contribution is 2.38. The van der Waals surface area contributed by atoms with E-state index in [0.717, 1.165) is 24.9 Å². The van der Waals surface area contributed by atoms with Gasteiger partial charge in [-0.25, -0.2) is 0 Å². The van der Waals surface area contributed by atoms with Crippen molar-refractivity contribution in [2.45, 2.75) is 19.3 Å². The van der Waals surface area contributed by atoms with E-state index in [4.69, 9.17) is 9.47 Å². The van der Waals surface area contributed by atoms with Gasteiger partial charge in [-0.15, -0.1) is 0 Å². The normalized spacial score (nSPS) is 14.5. The molecule has 2 aromatic carbocycles. The molecular formula is C19H16N2O5. The van der Waals surface area contributed by atoms with Crippen LogP contribution in [0, 0.1) is 10.1 Å². The van der Waals surface area contributed by atoms with Gasteiger partial charge >= 0.3 is 0 Å². The van der Waals surface area contributed by atoms with E-state index in [9.17, 15) is 14.9 Å². The third kappa shape index (κ3) is 3.11. The van der Waals surface area contributed by atoms with E-state index in [2.05, 4.69) is 5.32 Å². The molecule has 0 fully saturated rings. The zero-order valence-corrected chi connectivity index (χ0v) is 13.9. The number of hydrogen-bond acceptors (Lipinski definition) is 5. The molecule has 1 aliphatic heterocycles. The molecule has 1 amide bonds. The minimum absolute atomic E-state index is 0.0263. The lowest BCUT2D eigenvalue weighted by Gasteiger charge is -2.05. The van der Waals surface area contributed by atoms with E-state index >= 15 is 0 Å². The topological polar surface area (TPSA) is 90.7 Å². The van der Waals surface area contributed by atoms with Crippen LogP contribution in [-0.2, 0) is 17.6 Å². The maximum absolute atomic E-state index is 12.2. The molecule has 0 saturated heterocycles. The van der Waals surface area contributed by atoms with E-state index in [1.54, 1.807) is 0 Å². The van der Waals surface area contributed by atoms with E-state index in [1.165, 1.54) is 35.4 Å². The SMILES string of the molecule is O=C(/C=C/c1cc2c(cc1[N+](=O)[O-])OCO2)Nc1ccc2c(c1)CCC2. The highest BCUT2D eigenvalue weighted by atomic mass is 16.7. The number of nitro benzene ring substituents is 1. The number of ether oxygens (including phenoxy) is 2. The van der Waals surface area contributed by atoms with Gasteiger partial charge in [0.1, 0.15) is 0 Å². The summed E-state index contributed by atoms with van der Waals surface area (Å²) in [5.74, 6) is 0.403. The number of aryl methyl sites for hydroxylation is 2. The third-order valence-corrected chi connectivity index (χ3v) is 4.50. The van der Waals surface area contributed by atoms with Gasteiger partial charge in [-0.3, -0.25) is 14.9 Å². The number of anilines is 1. The number of nitrogens with zero attached hydrogens (tertiary/aromatic N) is 1. The van der Waals surface area contributed by atoms with Crippen LogP contribution < -0.4 is 14.8 Å². The average molecular weight is 352 g/mol. The Kier molecular flexibility index (Phi) is 4.04. The highest BCUT2D eigenvalue weighted by molar-refractivity contribution is 6.02. The first-order valence-corrected chi connectivity index (χ1v) is 8.29. The first-order valence-electron chi connectivity index (χ1n) is 8.29.